The normalized spacial score (nSPS) is 10.1. The number of rotatable bonds is 3. The van der Waals surface area contributed by atoms with E-state index < -0.39 is 11.7 Å². The van der Waals surface area contributed by atoms with Crippen molar-refractivity contribution in [2.24, 2.45) is 5.73 Å². The van der Waals surface area contributed by atoms with E-state index in [0.29, 0.717) is 0 Å². The van der Waals surface area contributed by atoms with Gasteiger partial charge in [-0.15, -0.1) is 0 Å². The lowest BCUT2D eigenvalue weighted by Crippen LogP contribution is -2.10. The number of carbonyl (C=O) groups excluding carboxylic acids is 1. The van der Waals surface area contributed by atoms with Crippen molar-refractivity contribution in [1.82, 2.24) is 4.98 Å². The van der Waals surface area contributed by atoms with Crippen LogP contribution < -0.4 is 10.5 Å². The zero-order chi connectivity index (χ0) is 13.1. The summed E-state index contributed by atoms with van der Waals surface area (Å²) >= 11 is 5.57. The van der Waals surface area contributed by atoms with Crippen LogP contribution in [0.25, 0.3) is 0 Å². The molecule has 0 aliphatic rings. The van der Waals surface area contributed by atoms with Gasteiger partial charge in [0.25, 0.3) is 5.88 Å². The third-order valence-electron chi connectivity index (χ3n) is 2.11. The van der Waals surface area contributed by atoms with Crippen LogP contribution >= 0.6 is 11.6 Å². The fourth-order valence-corrected chi connectivity index (χ4v) is 1.45. The summed E-state index contributed by atoms with van der Waals surface area (Å²) in [5.74, 6) is -1.24. The molecule has 6 heteroatoms. The Bertz CT molecular complexity index is 604. The average Bonchev–Trinajstić information content (AvgIpc) is 2.33. The van der Waals surface area contributed by atoms with Crippen LogP contribution in [0.1, 0.15) is 10.4 Å². The molecule has 2 aromatic rings. The molecule has 0 saturated heterocycles. The molecule has 0 aliphatic heterocycles. The van der Waals surface area contributed by atoms with Crippen molar-refractivity contribution in [3.8, 4) is 11.6 Å². The Hall–Kier alpha value is -2.14. The maximum absolute atomic E-state index is 13.4. The van der Waals surface area contributed by atoms with Gasteiger partial charge in [0.1, 0.15) is 5.75 Å². The second-order valence-electron chi connectivity index (χ2n) is 3.43. The van der Waals surface area contributed by atoms with Crippen molar-refractivity contribution in [1.29, 1.82) is 0 Å². The summed E-state index contributed by atoms with van der Waals surface area (Å²) in [6.07, 6.45) is 1.26. The summed E-state index contributed by atoms with van der Waals surface area (Å²) in [6.45, 7) is 0. The van der Waals surface area contributed by atoms with Crippen molar-refractivity contribution in [3.63, 3.8) is 0 Å². The summed E-state index contributed by atoms with van der Waals surface area (Å²) < 4.78 is 18.6. The third-order valence-corrected chi connectivity index (χ3v) is 2.31. The maximum Gasteiger partial charge on any atom is 0.255 e. The topological polar surface area (TPSA) is 65.2 Å². The number of hydrogen-bond acceptors (Lipinski definition) is 3. The smallest absolute Gasteiger partial charge is 0.255 e. The van der Waals surface area contributed by atoms with Crippen LogP contribution in [0.15, 0.2) is 36.5 Å². The molecule has 2 N–H and O–H groups in total. The lowest BCUT2D eigenvalue weighted by molar-refractivity contribution is 0.1000. The fraction of sp³-hybridized carbons (Fsp3) is 0. The van der Waals surface area contributed by atoms with Gasteiger partial charge in [-0.25, -0.2) is 9.37 Å². The second kappa shape index (κ2) is 5.01. The van der Waals surface area contributed by atoms with Gasteiger partial charge in [0.05, 0.1) is 5.02 Å². The SMILES string of the molecule is NC(=O)c1cccc(Oc2ncc(Cl)cc2F)c1. The molecule has 0 unspecified atom stereocenters. The van der Waals surface area contributed by atoms with E-state index in [1.807, 2.05) is 0 Å². The molecule has 1 heterocycles. The first-order valence-electron chi connectivity index (χ1n) is 4.95. The molecule has 0 atom stereocenters. The lowest BCUT2D eigenvalue weighted by atomic mass is 10.2. The van der Waals surface area contributed by atoms with E-state index >= 15 is 0 Å². The fourth-order valence-electron chi connectivity index (χ4n) is 1.30. The Labute approximate surface area is 107 Å². The highest BCUT2D eigenvalue weighted by atomic mass is 35.5. The summed E-state index contributed by atoms with van der Waals surface area (Å²) in [5, 5.41) is 0.172. The first-order chi connectivity index (χ1) is 8.56. The molecule has 0 radical (unpaired) electrons. The summed E-state index contributed by atoms with van der Waals surface area (Å²) in [6, 6.07) is 7.14. The van der Waals surface area contributed by atoms with Gasteiger partial charge in [-0.05, 0) is 24.3 Å². The van der Waals surface area contributed by atoms with Crippen molar-refractivity contribution in [2.45, 2.75) is 0 Å². The first kappa shape index (κ1) is 12.3. The van der Waals surface area contributed by atoms with Crippen LogP contribution in [0, 0.1) is 5.82 Å². The summed E-state index contributed by atoms with van der Waals surface area (Å²) in [7, 11) is 0. The molecule has 0 saturated carbocycles. The number of nitrogens with zero attached hydrogens (tertiary/aromatic N) is 1. The minimum atomic E-state index is -0.688. The number of halogens is 2. The van der Waals surface area contributed by atoms with Crippen LogP contribution in [0.2, 0.25) is 5.02 Å². The van der Waals surface area contributed by atoms with E-state index in [1.54, 1.807) is 12.1 Å². The minimum absolute atomic E-state index is 0.172. The Balaban J connectivity index is 2.28. The van der Waals surface area contributed by atoms with Crippen molar-refractivity contribution < 1.29 is 13.9 Å². The molecule has 2 rings (SSSR count). The number of carbonyl (C=O) groups is 1. The van der Waals surface area contributed by atoms with E-state index in [1.165, 1.54) is 18.3 Å². The zero-order valence-electron chi connectivity index (χ0n) is 9.06. The van der Waals surface area contributed by atoms with Crippen LogP contribution in [-0.2, 0) is 0 Å². The maximum atomic E-state index is 13.4. The average molecular weight is 267 g/mol. The molecule has 18 heavy (non-hydrogen) atoms. The van der Waals surface area contributed by atoms with E-state index in [2.05, 4.69) is 4.98 Å². The summed E-state index contributed by atoms with van der Waals surface area (Å²) in [4.78, 5) is 14.7. The highest BCUT2D eigenvalue weighted by Gasteiger charge is 2.08. The third kappa shape index (κ3) is 2.75. The molecular formula is C12H8ClFN2O2. The van der Waals surface area contributed by atoms with E-state index in [0.717, 1.165) is 6.07 Å². The Kier molecular flexibility index (Phi) is 3.43. The first-order valence-corrected chi connectivity index (χ1v) is 5.33. The number of pyridine rings is 1. The number of amides is 1. The van der Waals surface area contributed by atoms with Gasteiger partial charge in [-0.3, -0.25) is 4.79 Å². The monoisotopic (exact) mass is 266 g/mol. The number of benzene rings is 1. The van der Waals surface area contributed by atoms with E-state index in [-0.39, 0.29) is 22.2 Å². The van der Waals surface area contributed by atoms with Crippen molar-refractivity contribution >= 4 is 17.5 Å². The molecule has 1 amide bonds. The quantitative estimate of drug-likeness (QED) is 0.929. The Morgan fingerprint density at radius 3 is 2.83 bits per heavy atom. The van der Waals surface area contributed by atoms with Gasteiger partial charge in [0.15, 0.2) is 5.82 Å². The summed E-state index contributed by atoms with van der Waals surface area (Å²) in [5.41, 5.74) is 5.39. The standard InChI is InChI=1S/C12H8ClFN2O2/c13-8-5-10(14)12(16-6-8)18-9-3-1-2-7(4-9)11(15)17/h1-6H,(H2,15,17). The minimum Gasteiger partial charge on any atom is -0.436 e. The predicted molar refractivity (Wildman–Crippen MR) is 64.2 cm³/mol. The largest absolute Gasteiger partial charge is 0.436 e. The zero-order valence-corrected chi connectivity index (χ0v) is 9.82. The highest BCUT2D eigenvalue weighted by molar-refractivity contribution is 6.30. The molecule has 1 aromatic heterocycles. The van der Waals surface area contributed by atoms with Crippen LogP contribution in [0.3, 0.4) is 0 Å². The van der Waals surface area contributed by atoms with Crippen LogP contribution in [-0.4, -0.2) is 10.9 Å². The Morgan fingerprint density at radius 2 is 2.17 bits per heavy atom. The molecule has 0 bridgehead atoms. The molecular weight excluding hydrogens is 259 g/mol. The molecule has 92 valence electrons. The van der Waals surface area contributed by atoms with Crippen LogP contribution in [0.4, 0.5) is 4.39 Å². The molecule has 4 nitrogen and oxygen atoms in total. The molecule has 1 aromatic carbocycles. The van der Waals surface area contributed by atoms with Gasteiger partial charge < -0.3 is 10.5 Å². The van der Waals surface area contributed by atoms with E-state index in [9.17, 15) is 9.18 Å². The van der Waals surface area contributed by atoms with Gasteiger partial charge >= 0.3 is 0 Å². The highest BCUT2D eigenvalue weighted by Crippen LogP contribution is 2.24. The number of ether oxygens (including phenoxy) is 1. The number of primary amides is 1. The number of aromatic nitrogens is 1. The molecule has 0 aliphatic carbocycles. The molecule has 0 spiro atoms. The van der Waals surface area contributed by atoms with Gasteiger partial charge in [0.2, 0.25) is 5.91 Å². The van der Waals surface area contributed by atoms with E-state index in [4.69, 9.17) is 22.1 Å². The van der Waals surface area contributed by atoms with Crippen molar-refractivity contribution in [3.05, 3.63) is 52.9 Å². The van der Waals surface area contributed by atoms with Gasteiger partial charge in [-0.1, -0.05) is 17.7 Å². The van der Waals surface area contributed by atoms with Gasteiger partial charge in [-0.2, -0.15) is 0 Å². The van der Waals surface area contributed by atoms with Crippen LogP contribution in [0.5, 0.6) is 11.6 Å². The molecule has 0 fully saturated rings. The number of hydrogen-bond donors (Lipinski definition) is 1. The Morgan fingerprint density at radius 1 is 1.39 bits per heavy atom. The number of nitrogens with two attached hydrogens (primary N) is 1. The lowest BCUT2D eigenvalue weighted by Gasteiger charge is -2.06. The predicted octanol–water partition coefficient (Wildman–Crippen LogP) is 2.77. The second-order valence-corrected chi connectivity index (χ2v) is 3.87. The van der Waals surface area contributed by atoms with Gasteiger partial charge in [0, 0.05) is 11.8 Å². The van der Waals surface area contributed by atoms with Crippen molar-refractivity contribution in [2.75, 3.05) is 0 Å².